The maximum absolute atomic E-state index is 11.9. The van der Waals surface area contributed by atoms with E-state index < -0.39 is 5.41 Å². The number of imide groups is 1. The Morgan fingerprint density at radius 2 is 2.14 bits per heavy atom. The number of likely N-dealkylation sites (tertiary alicyclic amines) is 1. The number of nitrogens with zero attached hydrogens (tertiary/aromatic N) is 1. The van der Waals surface area contributed by atoms with Crippen LogP contribution in [0.15, 0.2) is 12.2 Å². The molecule has 0 N–H and O–H groups in total. The third-order valence-electron chi connectivity index (χ3n) is 3.96. The van der Waals surface area contributed by atoms with Gasteiger partial charge in [0.1, 0.15) is 5.41 Å². The van der Waals surface area contributed by atoms with Crippen molar-refractivity contribution < 1.29 is 9.59 Å². The van der Waals surface area contributed by atoms with Crippen molar-refractivity contribution in [1.29, 1.82) is 0 Å². The molecule has 2 atom stereocenters. The predicted molar refractivity (Wildman–Crippen MR) is 50.2 cm³/mol. The molecule has 3 rings (SSSR count). The summed E-state index contributed by atoms with van der Waals surface area (Å²) in [6, 6.07) is 0. The van der Waals surface area contributed by atoms with Gasteiger partial charge < -0.3 is 0 Å². The van der Waals surface area contributed by atoms with Crippen molar-refractivity contribution in [3.8, 4) is 0 Å². The third-order valence-corrected chi connectivity index (χ3v) is 3.96. The summed E-state index contributed by atoms with van der Waals surface area (Å²) < 4.78 is 0. The molecule has 0 radical (unpaired) electrons. The summed E-state index contributed by atoms with van der Waals surface area (Å²) in [5.74, 6) is 0.825. The van der Waals surface area contributed by atoms with Crippen LogP contribution in [-0.2, 0) is 9.59 Å². The average molecular weight is 191 g/mol. The predicted octanol–water partition coefficient (Wildman–Crippen LogP) is 0.958. The highest BCUT2D eigenvalue weighted by Crippen LogP contribution is 2.57. The third kappa shape index (κ3) is 0.636. The molecule has 3 heteroatoms. The topological polar surface area (TPSA) is 37.4 Å². The first-order valence-corrected chi connectivity index (χ1v) is 5.25. The van der Waals surface area contributed by atoms with E-state index in [1.165, 1.54) is 4.90 Å². The molecule has 2 amide bonds. The van der Waals surface area contributed by atoms with Gasteiger partial charge in [-0.25, -0.2) is 0 Å². The second-order valence-corrected chi connectivity index (χ2v) is 4.52. The number of hydrogen-bond acceptors (Lipinski definition) is 2. The van der Waals surface area contributed by atoms with E-state index >= 15 is 0 Å². The fraction of sp³-hybridized carbons (Fsp3) is 0.636. The van der Waals surface area contributed by atoms with E-state index in [4.69, 9.17) is 0 Å². The summed E-state index contributed by atoms with van der Waals surface area (Å²) in [5.41, 5.74) is -0.616. The van der Waals surface area contributed by atoms with Crippen LogP contribution in [0.5, 0.6) is 0 Å². The maximum Gasteiger partial charge on any atom is 0.245 e. The summed E-state index contributed by atoms with van der Waals surface area (Å²) in [7, 11) is 0. The number of allylic oxidation sites excluding steroid dienone is 2. The summed E-state index contributed by atoms with van der Waals surface area (Å²) in [4.78, 5) is 25.2. The van der Waals surface area contributed by atoms with E-state index in [1.807, 2.05) is 6.92 Å². The standard InChI is InChI=1S/C11H13NO2/c1-2-12-9(13)11(10(12)14)6-7-3-4-8(11)5-7/h3-4,7-8H,2,5-6H2,1H3. The summed E-state index contributed by atoms with van der Waals surface area (Å²) >= 11 is 0. The van der Waals surface area contributed by atoms with Crippen LogP contribution in [0, 0.1) is 17.3 Å². The fourth-order valence-corrected chi connectivity index (χ4v) is 3.25. The lowest BCUT2D eigenvalue weighted by Gasteiger charge is -2.47. The van der Waals surface area contributed by atoms with Crippen molar-refractivity contribution in [2.75, 3.05) is 6.54 Å². The van der Waals surface area contributed by atoms with E-state index in [2.05, 4.69) is 12.2 Å². The lowest BCUT2D eigenvalue weighted by molar-refractivity contribution is -0.178. The molecule has 2 aliphatic carbocycles. The van der Waals surface area contributed by atoms with Gasteiger partial charge in [-0.05, 0) is 25.7 Å². The molecule has 3 nitrogen and oxygen atoms in total. The van der Waals surface area contributed by atoms with Crippen LogP contribution in [0.1, 0.15) is 19.8 Å². The van der Waals surface area contributed by atoms with Crippen LogP contribution in [0.2, 0.25) is 0 Å². The first-order valence-electron chi connectivity index (χ1n) is 5.25. The molecular formula is C11H13NO2. The van der Waals surface area contributed by atoms with Crippen LogP contribution >= 0.6 is 0 Å². The quantitative estimate of drug-likeness (QED) is 0.351. The van der Waals surface area contributed by atoms with Gasteiger partial charge in [-0.2, -0.15) is 0 Å². The second-order valence-electron chi connectivity index (χ2n) is 4.52. The fourth-order valence-electron chi connectivity index (χ4n) is 3.25. The normalized spacial score (nSPS) is 37.1. The van der Waals surface area contributed by atoms with Crippen LogP contribution in [0.4, 0.5) is 0 Å². The second kappa shape index (κ2) is 2.27. The molecule has 0 aromatic carbocycles. The van der Waals surface area contributed by atoms with Crippen LogP contribution in [0.3, 0.4) is 0 Å². The number of fused-ring (bicyclic) bond motifs is 3. The number of hydrogen-bond donors (Lipinski definition) is 0. The molecule has 1 spiro atoms. The van der Waals surface area contributed by atoms with E-state index in [-0.39, 0.29) is 17.7 Å². The van der Waals surface area contributed by atoms with Gasteiger partial charge in [0.05, 0.1) is 0 Å². The molecule has 2 fully saturated rings. The lowest BCUT2D eigenvalue weighted by atomic mass is 9.68. The van der Waals surface area contributed by atoms with E-state index in [1.54, 1.807) is 0 Å². The molecule has 2 bridgehead atoms. The monoisotopic (exact) mass is 191 g/mol. The minimum absolute atomic E-state index is 0.0712. The smallest absolute Gasteiger partial charge is 0.245 e. The Labute approximate surface area is 82.8 Å². The van der Waals surface area contributed by atoms with Crippen molar-refractivity contribution in [2.24, 2.45) is 17.3 Å². The van der Waals surface area contributed by atoms with Crippen molar-refractivity contribution in [3.05, 3.63) is 12.2 Å². The van der Waals surface area contributed by atoms with Gasteiger partial charge in [0.25, 0.3) is 0 Å². The summed E-state index contributed by atoms with van der Waals surface area (Å²) in [5, 5.41) is 0. The Balaban J connectivity index is 1.97. The van der Waals surface area contributed by atoms with Gasteiger partial charge in [-0.1, -0.05) is 12.2 Å². The number of amides is 2. The van der Waals surface area contributed by atoms with Gasteiger partial charge in [0, 0.05) is 12.5 Å². The SMILES string of the molecule is CCN1C(=O)C2(CC3C=CC2C3)C1=O. The highest BCUT2D eigenvalue weighted by molar-refractivity contribution is 6.22. The van der Waals surface area contributed by atoms with Crippen LogP contribution in [-0.4, -0.2) is 23.3 Å². The molecule has 14 heavy (non-hydrogen) atoms. The first-order chi connectivity index (χ1) is 6.70. The average Bonchev–Trinajstić information content (AvgIpc) is 2.78. The minimum Gasteiger partial charge on any atom is -0.281 e. The van der Waals surface area contributed by atoms with Crippen LogP contribution < -0.4 is 0 Å². The number of β-lactam (4-membered cyclic amide) rings is 2. The molecule has 1 heterocycles. The van der Waals surface area contributed by atoms with Gasteiger partial charge in [-0.15, -0.1) is 0 Å². The lowest BCUT2D eigenvalue weighted by Crippen LogP contribution is -2.67. The molecule has 1 saturated carbocycles. The summed E-state index contributed by atoms with van der Waals surface area (Å²) in [6.45, 7) is 2.38. The van der Waals surface area contributed by atoms with E-state index in [9.17, 15) is 9.59 Å². The van der Waals surface area contributed by atoms with Gasteiger partial charge in [0.15, 0.2) is 0 Å². The van der Waals surface area contributed by atoms with Crippen LogP contribution in [0.25, 0.3) is 0 Å². The van der Waals surface area contributed by atoms with E-state index in [0.29, 0.717) is 12.5 Å². The summed E-state index contributed by atoms with van der Waals surface area (Å²) in [6.07, 6.45) is 6.00. The highest BCUT2D eigenvalue weighted by atomic mass is 16.2. The zero-order valence-electron chi connectivity index (χ0n) is 8.19. The zero-order chi connectivity index (χ0) is 9.92. The first kappa shape index (κ1) is 8.21. The molecule has 0 aromatic heterocycles. The Morgan fingerprint density at radius 3 is 2.57 bits per heavy atom. The maximum atomic E-state index is 11.9. The van der Waals surface area contributed by atoms with E-state index in [0.717, 1.165) is 12.8 Å². The van der Waals surface area contributed by atoms with Crippen molar-refractivity contribution in [2.45, 2.75) is 19.8 Å². The molecule has 3 aliphatic rings. The Bertz CT molecular complexity index is 342. The number of carbonyl (C=O) groups is 2. The molecule has 1 aliphatic heterocycles. The molecule has 0 aromatic rings. The zero-order valence-corrected chi connectivity index (χ0v) is 8.19. The molecular weight excluding hydrogens is 178 g/mol. The molecule has 74 valence electrons. The van der Waals surface area contributed by atoms with Crippen molar-refractivity contribution >= 4 is 11.8 Å². The highest BCUT2D eigenvalue weighted by Gasteiger charge is 2.68. The Hall–Kier alpha value is -1.12. The number of rotatable bonds is 1. The van der Waals surface area contributed by atoms with Crippen molar-refractivity contribution in [1.82, 2.24) is 4.90 Å². The largest absolute Gasteiger partial charge is 0.281 e. The van der Waals surface area contributed by atoms with Crippen molar-refractivity contribution in [3.63, 3.8) is 0 Å². The van der Waals surface area contributed by atoms with Gasteiger partial charge in [-0.3, -0.25) is 14.5 Å². The minimum atomic E-state index is -0.616. The number of carbonyl (C=O) groups excluding carboxylic acids is 2. The Kier molecular flexibility index (Phi) is 1.33. The Morgan fingerprint density at radius 1 is 1.43 bits per heavy atom. The molecule has 2 unspecified atom stereocenters. The van der Waals surface area contributed by atoms with Gasteiger partial charge in [0.2, 0.25) is 11.8 Å². The molecule has 1 saturated heterocycles. The van der Waals surface area contributed by atoms with Gasteiger partial charge >= 0.3 is 0 Å².